The molecular weight excluding hydrogens is 401 g/mol. The van der Waals surface area contributed by atoms with E-state index < -0.39 is 0 Å². The van der Waals surface area contributed by atoms with Gasteiger partial charge in [0.05, 0.1) is 17.1 Å². The Kier molecular flexibility index (Phi) is 5.79. The lowest BCUT2D eigenvalue weighted by molar-refractivity contribution is 0.338. The van der Waals surface area contributed by atoms with Gasteiger partial charge in [0.15, 0.2) is 0 Å². The van der Waals surface area contributed by atoms with Gasteiger partial charge < -0.3 is 10.1 Å². The molecule has 0 heterocycles. The molecule has 1 N–H and O–H groups in total. The molecule has 0 saturated heterocycles. The molecular formula is C16H16Br2FNO. The highest BCUT2D eigenvalue weighted by molar-refractivity contribution is 9.10. The summed E-state index contributed by atoms with van der Waals surface area (Å²) in [5.41, 5.74) is 1.55. The van der Waals surface area contributed by atoms with E-state index in [1.807, 2.05) is 38.2 Å². The number of ether oxygens (including phenoxy) is 1. The third kappa shape index (κ3) is 3.65. The summed E-state index contributed by atoms with van der Waals surface area (Å²) >= 11 is 6.92. The number of rotatable bonds is 5. The topological polar surface area (TPSA) is 21.3 Å². The summed E-state index contributed by atoms with van der Waals surface area (Å²) in [6.45, 7) is 2.54. The van der Waals surface area contributed by atoms with Gasteiger partial charge in [0, 0.05) is 10.0 Å². The first-order valence-corrected chi connectivity index (χ1v) is 8.20. The second-order valence-electron chi connectivity index (χ2n) is 4.48. The molecule has 0 amide bonds. The summed E-state index contributed by atoms with van der Waals surface area (Å²) < 4.78 is 21.3. The van der Waals surface area contributed by atoms with Crippen LogP contribution in [0, 0.1) is 5.82 Å². The van der Waals surface area contributed by atoms with Gasteiger partial charge in [-0.3, -0.25) is 0 Å². The van der Waals surface area contributed by atoms with Gasteiger partial charge in [-0.25, -0.2) is 4.39 Å². The monoisotopic (exact) mass is 415 g/mol. The van der Waals surface area contributed by atoms with Crippen molar-refractivity contribution in [2.24, 2.45) is 0 Å². The van der Waals surface area contributed by atoms with Crippen molar-refractivity contribution in [3.8, 4) is 5.75 Å². The van der Waals surface area contributed by atoms with Crippen LogP contribution in [0.5, 0.6) is 5.75 Å². The zero-order chi connectivity index (χ0) is 15.4. The third-order valence-electron chi connectivity index (χ3n) is 3.17. The summed E-state index contributed by atoms with van der Waals surface area (Å²) in [5.74, 6) is 0.539. The normalized spacial score (nSPS) is 12.2. The van der Waals surface area contributed by atoms with Crippen LogP contribution in [0.25, 0.3) is 0 Å². The minimum Gasteiger partial charge on any atom is -0.493 e. The van der Waals surface area contributed by atoms with Gasteiger partial charge >= 0.3 is 0 Å². The van der Waals surface area contributed by atoms with Crippen molar-refractivity contribution in [3.05, 3.63) is 62.3 Å². The quantitative estimate of drug-likeness (QED) is 0.735. The summed E-state index contributed by atoms with van der Waals surface area (Å²) in [6.07, 6.45) is 0. The molecule has 0 bridgehead atoms. The fraction of sp³-hybridized carbons (Fsp3) is 0.250. The van der Waals surface area contributed by atoms with Crippen LogP contribution >= 0.6 is 31.9 Å². The van der Waals surface area contributed by atoms with Crippen LogP contribution in [0.15, 0.2) is 45.3 Å². The molecule has 0 aliphatic rings. The summed E-state index contributed by atoms with van der Waals surface area (Å²) in [4.78, 5) is 0. The van der Waals surface area contributed by atoms with Crippen LogP contribution in [0.2, 0.25) is 0 Å². The average Bonchev–Trinajstić information content (AvgIpc) is 2.45. The maximum Gasteiger partial charge on any atom is 0.133 e. The molecule has 0 fully saturated rings. The van der Waals surface area contributed by atoms with Gasteiger partial charge in [0.25, 0.3) is 0 Å². The molecule has 2 rings (SSSR count). The van der Waals surface area contributed by atoms with Crippen LogP contribution < -0.4 is 10.1 Å². The lowest BCUT2D eigenvalue weighted by Crippen LogP contribution is -2.19. The van der Waals surface area contributed by atoms with Gasteiger partial charge in [-0.1, -0.05) is 28.1 Å². The molecule has 112 valence electrons. The van der Waals surface area contributed by atoms with E-state index in [4.69, 9.17) is 4.74 Å². The summed E-state index contributed by atoms with van der Waals surface area (Å²) in [6, 6.07) is 10.5. The summed E-state index contributed by atoms with van der Waals surface area (Å²) in [5, 5.41) is 3.16. The van der Waals surface area contributed by atoms with Crippen molar-refractivity contribution in [2.75, 3.05) is 13.7 Å². The van der Waals surface area contributed by atoms with Gasteiger partial charge in [-0.15, -0.1) is 0 Å². The Morgan fingerprint density at radius 2 is 1.95 bits per heavy atom. The lowest BCUT2D eigenvalue weighted by Gasteiger charge is -2.20. The van der Waals surface area contributed by atoms with E-state index in [2.05, 4.69) is 37.2 Å². The van der Waals surface area contributed by atoms with Gasteiger partial charge in [-0.2, -0.15) is 0 Å². The minimum atomic E-state index is -0.243. The highest BCUT2D eigenvalue weighted by Crippen LogP contribution is 2.34. The number of hydrogen-bond donors (Lipinski definition) is 1. The van der Waals surface area contributed by atoms with E-state index in [-0.39, 0.29) is 11.9 Å². The molecule has 0 spiro atoms. The van der Waals surface area contributed by atoms with Crippen LogP contribution in [-0.4, -0.2) is 13.7 Å². The van der Waals surface area contributed by atoms with Gasteiger partial charge in [0.1, 0.15) is 11.6 Å². The minimum absolute atomic E-state index is 0.242. The predicted octanol–water partition coefficient (Wildman–Crippen LogP) is 5.06. The highest BCUT2D eigenvalue weighted by Gasteiger charge is 2.20. The average molecular weight is 417 g/mol. The number of benzene rings is 2. The standard InChI is InChI=1S/C16H16Br2FNO/c1-3-21-14-8-7-10(9-12(14)18)16(20-2)15-11(17)5-4-6-13(15)19/h4-9,16,20H,3H2,1-2H3. The Bertz CT molecular complexity index is 613. The Balaban J connectivity index is 2.45. The summed E-state index contributed by atoms with van der Waals surface area (Å²) in [7, 11) is 1.81. The maximum atomic E-state index is 14.2. The molecule has 2 aromatic rings. The van der Waals surface area contributed by atoms with Crippen molar-refractivity contribution in [3.63, 3.8) is 0 Å². The van der Waals surface area contributed by atoms with Gasteiger partial charge in [0.2, 0.25) is 0 Å². The predicted molar refractivity (Wildman–Crippen MR) is 90.3 cm³/mol. The van der Waals surface area contributed by atoms with Crippen LogP contribution in [0.4, 0.5) is 4.39 Å². The van der Waals surface area contributed by atoms with E-state index >= 15 is 0 Å². The Labute approximate surface area is 141 Å². The van der Waals surface area contributed by atoms with Crippen LogP contribution in [0.1, 0.15) is 24.1 Å². The Morgan fingerprint density at radius 3 is 2.52 bits per heavy atom. The zero-order valence-electron chi connectivity index (χ0n) is 11.8. The number of halogens is 3. The molecule has 1 unspecified atom stereocenters. The van der Waals surface area contributed by atoms with E-state index in [1.165, 1.54) is 6.07 Å². The molecule has 2 nitrogen and oxygen atoms in total. The molecule has 2 aromatic carbocycles. The second-order valence-corrected chi connectivity index (χ2v) is 6.19. The molecule has 0 aliphatic carbocycles. The number of hydrogen-bond acceptors (Lipinski definition) is 2. The molecule has 1 atom stereocenters. The van der Waals surface area contributed by atoms with E-state index in [0.717, 1.165) is 20.3 Å². The molecule has 0 radical (unpaired) electrons. The lowest BCUT2D eigenvalue weighted by atomic mass is 9.98. The fourth-order valence-corrected chi connectivity index (χ4v) is 3.32. The highest BCUT2D eigenvalue weighted by atomic mass is 79.9. The molecule has 0 aromatic heterocycles. The van der Waals surface area contributed by atoms with Crippen molar-refractivity contribution in [1.82, 2.24) is 5.32 Å². The Hall–Kier alpha value is -0.910. The zero-order valence-corrected chi connectivity index (χ0v) is 15.0. The largest absolute Gasteiger partial charge is 0.493 e. The van der Waals surface area contributed by atoms with Gasteiger partial charge in [-0.05, 0) is 59.7 Å². The fourth-order valence-electron chi connectivity index (χ4n) is 2.23. The van der Waals surface area contributed by atoms with Crippen LogP contribution in [0.3, 0.4) is 0 Å². The van der Waals surface area contributed by atoms with Crippen molar-refractivity contribution < 1.29 is 9.13 Å². The smallest absolute Gasteiger partial charge is 0.133 e. The first-order valence-electron chi connectivity index (χ1n) is 6.61. The number of nitrogens with one attached hydrogen (secondary N) is 1. The van der Waals surface area contributed by atoms with Crippen molar-refractivity contribution in [1.29, 1.82) is 0 Å². The molecule has 5 heteroatoms. The first-order chi connectivity index (χ1) is 10.1. The van der Waals surface area contributed by atoms with E-state index in [9.17, 15) is 4.39 Å². The molecule has 0 aliphatic heterocycles. The Morgan fingerprint density at radius 1 is 1.19 bits per heavy atom. The SMILES string of the molecule is CCOc1ccc(C(NC)c2c(F)cccc2Br)cc1Br. The van der Waals surface area contributed by atoms with Crippen molar-refractivity contribution in [2.45, 2.75) is 13.0 Å². The van der Waals surface area contributed by atoms with E-state index in [0.29, 0.717) is 12.2 Å². The third-order valence-corrected chi connectivity index (χ3v) is 4.48. The van der Waals surface area contributed by atoms with Crippen LogP contribution in [-0.2, 0) is 0 Å². The first kappa shape index (κ1) is 16.5. The maximum absolute atomic E-state index is 14.2. The molecule has 0 saturated carbocycles. The van der Waals surface area contributed by atoms with Crippen molar-refractivity contribution >= 4 is 31.9 Å². The molecule has 21 heavy (non-hydrogen) atoms. The van der Waals surface area contributed by atoms with E-state index in [1.54, 1.807) is 6.07 Å². The second kappa shape index (κ2) is 7.38.